The van der Waals surface area contributed by atoms with Crippen LogP contribution in [0.4, 0.5) is 5.82 Å². The molecule has 176 valence electrons. The van der Waals surface area contributed by atoms with Gasteiger partial charge in [0.2, 0.25) is 5.91 Å². The lowest BCUT2D eigenvalue weighted by molar-refractivity contribution is -0.130. The Labute approximate surface area is 200 Å². The number of benzene rings is 1. The number of hydrogen-bond donors (Lipinski definition) is 1. The van der Waals surface area contributed by atoms with Crippen LogP contribution in [0.1, 0.15) is 37.3 Å². The number of rotatable bonds is 5. The summed E-state index contributed by atoms with van der Waals surface area (Å²) in [4.78, 5) is 22.4. The number of piperidine rings is 1. The van der Waals surface area contributed by atoms with Crippen LogP contribution in [-0.2, 0) is 11.4 Å². The molecule has 34 heavy (non-hydrogen) atoms. The van der Waals surface area contributed by atoms with E-state index in [2.05, 4.69) is 15.1 Å². The van der Waals surface area contributed by atoms with Crippen molar-refractivity contribution in [1.29, 1.82) is 0 Å². The van der Waals surface area contributed by atoms with Gasteiger partial charge in [-0.05, 0) is 38.0 Å². The van der Waals surface area contributed by atoms with Gasteiger partial charge in [0.05, 0.1) is 16.5 Å². The van der Waals surface area contributed by atoms with Crippen molar-refractivity contribution in [2.75, 3.05) is 18.8 Å². The Balaban J connectivity index is 1.49. The molecule has 5 rings (SSSR count). The summed E-state index contributed by atoms with van der Waals surface area (Å²) in [5.74, 6) is 1.62. The molecule has 4 heterocycles. The second kappa shape index (κ2) is 8.94. The molecule has 1 saturated heterocycles. The highest BCUT2D eigenvalue weighted by Gasteiger charge is 2.27. The summed E-state index contributed by atoms with van der Waals surface area (Å²) < 4.78 is 12.7. The fraction of sp³-hybridized carbons (Fsp3) is 0.348. The third kappa shape index (κ3) is 4.16. The maximum atomic E-state index is 11.9. The molecule has 0 saturated carbocycles. The van der Waals surface area contributed by atoms with Crippen LogP contribution in [0.2, 0.25) is 5.02 Å². The number of ether oxygens (including phenoxy) is 1. The van der Waals surface area contributed by atoms with Crippen LogP contribution in [0.3, 0.4) is 0 Å². The summed E-state index contributed by atoms with van der Waals surface area (Å²) >= 11 is 6.54. The van der Waals surface area contributed by atoms with Crippen molar-refractivity contribution in [3.8, 4) is 17.0 Å². The van der Waals surface area contributed by atoms with E-state index < -0.39 is 0 Å². The molecule has 1 aliphatic heterocycles. The number of carbonyl (C=O) groups excluding carboxylic acids is 1. The summed E-state index contributed by atoms with van der Waals surface area (Å²) in [6.45, 7) is 4.97. The molecular formula is C23H24ClN7O3. The van der Waals surface area contributed by atoms with Crippen LogP contribution < -0.4 is 10.5 Å². The molecule has 0 unspecified atom stereocenters. The minimum atomic E-state index is -0.00723. The van der Waals surface area contributed by atoms with Crippen LogP contribution in [0, 0.1) is 6.92 Å². The molecule has 1 amide bonds. The quantitative estimate of drug-likeness (QED) is 0.456. The van der Waals surface area contributed by atoms with Gasteiger partial charge < -0.3 is 19.9 Å². The predicted molar refractivity (Wildman–Crippen MR) is 126 cm³/mol. The first kappa shape index (κ1) is 22.1. The number of aryl methyl sites for hydroxylation is 1. The van der Waals surface area contributed by atoms with E-state index in [1.807, 2.05) is 28.6 Å². The van der Waals surface area contributed by atoms with Gasteiger partial charge in [0.25, 0.3) is 0 Å². The molecule has 1 fully saturated rings. The molecular weight excluding hydrogens is 458 g/mol. The lowest BCUT2D eigenvalue weighted by Gasteiger charge is -2.32. The van der Waals surface area contributed by atoms with Crippen molar-refractivity contribution >= 4 is 34.4 Å². The molecule has 0 radical (unpaired) electrons. The number of carbonyl (C=O) groups is 1. The number of fused-ring (bicyclic) bond motifs is 1. The van der Waals surface area contributed by atoms with E-state index in [-0.39, 0.29) is 18.6 Å². The highest BCUT2D eigenvalue weighted by Crippen LogP contribution is 2.36. The maximum absolute atomic E-state index is 11.9. The average Bonchev–Trinajstić information content (AvgIpc) is 3.42. The normalized spacial score (nSPS) is 16.2. The fourth-order valence-corrected chi connectivity index (χ4v) is 4.53. The predicted octanol–water partition coefficient (Wildman–Crippen LogP) is 3.79. The highest BCUT2D eigenvalue weighted by atomic mass is 35.5. The minimum Gasteiger partial charge on any atom is -0.486 e. The van der Waals surface area contributed by atoms with Crippen LogP contribution in [0.15, 0.2) is 35.1 Å². The molecule has 1 atom stereocenters. The van der Waals surface area contributed by atoms with Crippen LogP contribution in [-0.4, -0.2) is 48.8 Å². The van der Waals surface area contributed by atoms with Gasteiger partial charge >= 0.3 is 0 Å². The second-order valence-electron chi connectivity index (χ2n) is 8.37. The van der Waals surface area contributed by atoms with E-state index in [9.17, 15) is 4.79 Å². The van der Waals surface area contributed by atoms with Crippen molar-refractivity contribution in [2.24, 2.45) is 0 Å². The number of anilines is 1. The Bertz CT molecular complexity index is 1370. The van der Waals surface area contributed by atoms with E-state index >= 15 is 0 Å². The van der Waals surface area contributed by atoms with Crippen LogP contribution in [0.25, 0.3) is 22.3 Å². The van der Waals surface area contributed by atoms with Gasteiger partial charge in [-0.3, -0.25) is 4.79 Å². The van der Waals surface area contributed by atoms with Crippen molar-refractivity contribution in [3.05, 3.63) is 47.1 Å². The zero-order valence-electron chi connectivity index (χ0n) is 18.9. The first-order chi connectivity index (χ1) is 16.4. The minimum absolute atomic E-state index is 0.00723. The van der Waals surface area contributed by atoms with Crippen LogP contribution >= 0.6 is 11.6 Å². The average molecular weight is 482 g/mol. The number of nitrogens with zero attached hydrogens (tertiary/aromatic N) is 6. The Morgan fingerprint density at radius 3 is 2.91 bits per heavy atom. The van der Waals surface area contributed by atoms with Gasteiger partial charge in [0, 0.05) is 31.6 Å². The van der Waals surface area contributed by atoms with E-state index in [0.29, 0.717) is 51.3 Å². The third-order valence-electron chi connectivity index (χ3n) is 5.96. The van der Waals surface area contributed by atoms with Gasteiger partial charge in [-0.2, -0.15) is 5.10 Å². The highest BCUT2D eigenvalue weighted by molar-refractivity contribution is 6.32. The lowest BCUT2D eigenvalue weighted by Crippen LogP contribution is -2.39. The number of nitrogen functional groups attached to an aromatic ring is 1. The zero-order valence-corrected chi connectivity index (χ0v) is 19.6. The van der Waals surface area contributed by atoms with E-state index in [1.54, 1.807) is 19.1 Å². The van der Waals surface area contributed by atoms with Crippen molar-refractivity contribution in [3.63, 3.8) is 0 Å². The molecule has 0 spiro atoms. The van der Waals surface area contributed by atoms with E-state index in [0.717, 1.165) is 24.9 Å². The molecule has 0 aliphatic carbocycles. The summed E-state index contributed by atoms with van der Waals surface area (Å²) in [6, 6.07) is 7.24. The van der Waals surface area contributed by atoms with Gasteiger partial charge in [0.1, 0.15) is 41.6 Å². The third-order valence-corrected chi connectivity index (χ3v) is 6.26. The monoisotopic (exact) mass is 481 g/mol. The smallest absolute Gasteiger partial charge is 0.219 e. The topological polar surface area (TPSA) is 125 Å². The summed E-state index contributed by atoms with van der Waals surface area (Å²) in [5.41, 5.74) is 8.96. The SMILES string of the molecule is CC(=O)N1CCC[C@@H](n2nc(-c3ccc(OCc4cc(C)on4)c(Cl)c3)c3c(N)ncnc32)C1. The molecule has 4 aromatic rings. The first-order valence-electron chi connectivity index (χ1n) is 11.0. The van der Waals surface area contributed by atoms with Crippen molar-refractivity contribution in [2.45, 2.75) is 39.3 Å². The zero-order chi connectivity index (χ0) is 23.8. The largest absolute Gasteiger partial charge is 0.486 e. The Morgan fingerprint density at radius 2 is 2.18 bits per heavy atom. The van der Waals surface area contributed by atoms with Crippen molar-refractivity contribution in [1.82, 2.24) is 29.8 Å². The lowest BCUT2D eigenvalue weighted by atomic mass is 10.1. The maximum Gasteiger partial charge on any atom is 0.219 e. The molecule has 10 nitrogen and oxygen atoms in total. The Kier molecular flexibility index (Phi) is 5.82. The van der Waals surface area contributed by atoms with E-state index in [4.69, 9.17) is 31.7 Å². The number of halogens is 1. The summed E-state index contributed by atoms with van der Waals surface area (Å²) in [5, 5.41) is 9.89. The Hall–Kier alpha value is -3.66. The molecule has 2 N–H and O–H groups in total. The molecule has 3 aromatic heterocycles. The van der Waals surface area contributed by atoms with Crippen molar-refractivity contribution < 1.29 is 14.1 Å². The number of hydrogen-bond acceptors (Lipinski definition) is 8. The van der Waals surface area contributed by atoms with Crippen LogP contribution in [0.5, 0.6) is 5.75 Å². The molecule has 1 aliphatic rings. The molecule has 0 bridgehead atoms. The second-order valence-corrected chi connectivity index (χ2v) is 8.78. The van der Waals surface area contributed by atoms with Gasteiger partial charge in [-0.1, -0.05) is 16.8 Å². The number of likely N-dealkylation sites (tertiary alicyclic amines) is 1. The van der Waals surface area contributed by atoms with E-state index in [1.165, 1.54) is 6.33 Å². The van der Waals surface area contributed by atoms with Gasteiger partial charge in [-0.15, -0.1) is 0 Å². The number of aromatic nitrogens is 5. The first-order valence-corrected chi connectivity index (χ1v) is 11.4. The molecule has 11 heteroatoms. The summed E-state index contributed by atoms with van der Waals surface area (Å²) in [7, 11) is 0. The number of amides is 1. The fourth-order valence-electron chi connectivity index (χ4n) is 4.30. The van der Waals surface area contributed by atoms with Gasteiger partial charge in [-0.25, -0.2) is 14.6 Å². The number of nitrogens with two attached hydrogens (primary N) is 1. The Morgan fingerprint density at radius 1 is 1.32 bits per heavy atom. The standard InChI is InChI=1S/C23H24ClN7O3/c1-13-8-16(29-34-13)11-33-19-6-5-15(9-18(19)24)21-20-22(25)26-12-27-23(20)31(28-21)17-4-3-7-30(10-17)14(2)32/h5-6,8-9,12,17H,3-4,7,10-11H2,1-2H3,(H2,25,26,27)/t17-/m1/s1. The summed E-state index contributed by atoms with van der Waals surface area (Å²) in [6.07, 6.45) is 3.21. The molecule has 1 aromatic carbocycles. The van der Waals surface area contributed by atoms with Gasteiger partial charge in [0.15, 0.2) is 5.65 Å².